The van der Waals surface area contributed by atoms with E-state index >= 15 is 8.78 Å². The molecular formula is C31H39F3O4. The molecule has 2 aliphatic rings. The molecule has 4 rings (SSSR count). The second-order valence-corrected chi connectivity index (χ2v) is 10.8. The Morgan fingerprint density at radius 3 is 2.00 bits per heavy atom. The van der Waals surface area contributed by atoms with Gasteiger partial charge in [0.15, 0.2) is 23.2 Å². The maximum Gasteiger partial charge on any atom is 0.338 e. The van der Waals surface area contributed by atoms with E-state index in [1.807, 2.05) is 0 Å². The molecule has 208 valence electrons. The Labute approximate surface area is 223 Å². The highest BCUT2D eigenvalue weighted by atomic mass is 19.2. The summed E-state index contributed by atoms with van der Waals surface area (Å²) in [6.45, 7) is 4.13. The van der Waals surface area contributed by atoms with Crippen LogP contribution in [0.25, 0.3) is 0 Å². The van der Waals surface area contributed by atoms with E-state index in [9.17, 15) is 14.3 Å². The molecule has 4 nitrogen and oxygen atoms in total. The van der Waals surface area contributed by atoms with E-state index in [4.69, 9.17) is 9.47 Å². The smallest absolute Gasteiger partial charge is 0.338 e. The summed E-state index contributed by atoms with van der Waals surface area (Å²) in [4.78, 5) is 12.5. The summed E-state index contributed by atoms with van der Waals surface area (Å²) in [5.74, 6) is -2.56. The number of esters is 1. The van der Waals surface area contributed by atoms with Crippen molar-refractivity contribution in [1.82, 2.24) is 0 Å². The number of carbonyl (C=O) groups excluding carboxylic acids is 1. The van der Waals surface area contributed by atoms with Crippen molar-refractivity contribution < 1.29 is 32.5 Å². The molecule has 0 aromatic heterocycles. The van der Waals surface area contributed by atoms with Crippen LogP contribution in [0.5, 0.6) is 5.75 Å². The van der Waals surface area contributed by atoms with Crippen molar-refractivity contribution in [2.24, 2.45) is 5.92 Å². The summed E-state index contributed by atoms with van der Waals surface area (Å²) in [5.41, 5.74) is 0.947. The van der Waals surface area contributed by atoms with E-state index in [1.165, 1.54) is 12.1 Å². The highest BCUT2D eigenvalue weighted by Crippen LogP contribution is 2.42. The first-order chi connectivity index (χ1) is 18.3. The van der Waals surface area contributed by atoms with Crippen molar-refractivity contribution in [2.75, 3.05) is 6.61 Å². The third kappa shape index (κ3) is 6.53. The van der Waals surface area contributed by atoms with Crippen LogP contribution in [0.3, 0.4) is 0 Å². The minimum Gasteiger partial charge on any atom is -0.491 e. The van der Waals surface area contributed by atoms with Gasteiger partial charge in [-0.1, -0.05) is 25.5 Å². The number of benzene rings is 2. The lowest BCUT2D eigenvalue weighted by molar-refractivity contribution is 0.0193. The molecule has 2 fully saturated rings. The summed E-state index contributed by atoms with van der Waals surface area (Å²) in [6.07, 6.45) is 6.47. The van der Waals surface area contributed by atoms with E-state index in [2.05, 4.69) is 6.92 Å². The molecule has 0 spiro atoms. The van der Waals surface area contributed by atoms with Crippen LogP contribution in [0.2, 0.25) is 0 Å². The van der Waals surface area contributed by atoms with Crippen molar-refractivity contribution >= 4 is 5.97 Å². The lowest BCUT2D eigenvalue weighted by atomic mass is 9.75. The number of hydrogen-bond acceptors (Lipinski definition) is 4. The molecule has 2 aliphatic carbocycles. The summed E-state index contributed by atoms with van der Waals surface area (Å²) in [6, 6.07) is 7.47. The van der Waals surface area contributed by atoms with E-state index < -0.39 is 23.4 Å². The van der Waals surface area contributed by atoms with E-state index in [-0.39, 0.29) is 41.3 Å². The Balaban J connectivity index is 1.32. The SMILES string of the molecule is CCCC(O)C1CCC(c2ccc(C3CCC(OC(=O)c4ccc(OCC)c(F)c4)CC3)c(F)c2F)CC1. The number of rotatable bonds is 9. The quantitative estimate of drug-likeness (QED) is 0.335. The number of aliphatic hydroxyl groups is 1. The molecule has 0 radical (unpaired) electrons. The van der Waals surface area contributed by atoms with Crippen molar-refractivity contribution in [3.8, 4) is 5.75 Å². The van der Waals surface area contributed by atoms with E-state index in [1.54, 1.807) is 19.1 Å². The molecule has 38 heavy (non-hydrogen) atoms. The number of hydrogen-bond donors (Lipinski definition) is 1. The topological polar surface area (TPSA) is 55.8 Å². The Morgan fingerprint density at radius 2 is 1.47 bits per heavy atom. The van der Waals surface area contributed by atoms with Gasteiger partial charge in [-0.15, -0.1) is 0 Å². The van der Waals surface area contributed by atoms with Gasteiger partial charge in [0.2, 0.25) is 0 Å². The first-order valence-corrected chi connectivity index (χ1v) is 14.1. The Morgan fingerprint density at radius 1 is 0.895 bits per heavy atom. The van der Waals surface area contributed by atoms with Gasteiger partial charge in [0, 0.05) is 0 Å². The normalized spacial score (nSPS) is 24.6. The molecule has 2 saturated carbocycles. The average Bonchev–Trinajstić information content (AvgIpc) is 2.92. The number of ether oxygens (including phenoxy) is 2. The van der Waals surface area contributed by atoms with Crippen LogP contribution < -0.4 is 4.74 Å². The monoisotopic (exact) mass is 532 g/mol. The number of aliphatic hydroxyl groups excluding tert-OH is 1. The molecule has 0 saturated heterocycles. The standard InChI is InChI=1S/C31H39F3O4/c1-3-5-27(35)21-8-6-19(7-9-21)24-15-16-25(30(34)29(24)33)20-10-13-23(14-11-20)38-31(36)22-12-17-28(37-4-2)26(32)18-22/h12,15-21,23,27,35H,3-11,13-14H2,1-2H3. The summed E-state index contributed by atoms with van der Waals surface area (Å²) >= 11 is 0. The predicted molar refractivity (Wildman–Crippen MR) is 140 cm³/mol. The molecule has 1 atom stereocenters. The Hall–Kier alpha value is -2.54. The van der Waals surface area contributed by atoms with Crippen LogP contribution in [-0.2, 0) is 4.74 Å². The molecule has 7 heteroatoms. The zero-order valence-electron chi connectivity index (χ0n) is 22.4. The first kappa shape index (κ1) is 28.5. The molecule has 0 bridgehead atoms. The van der Waals surface area contributed by atoms with Gasteiger partial charge in [0.05, 0.1) is 18.3 Å². The fraction of sp³-hybridized carbons (Fsp3) is 0.581. The zero-order chi connectivity index (χ0) is 27.2. The second-order valence-electron chi connectivity index (χ2n) is 10.8. The van der Waals surface area contributed by atoms with Crippen molar-refractivity contribution in [3.63, 3.8) is 0 Å². The first-order valence-electron chi connectivity index (χ1n) is 14.1. The van der Waals surface area contributed by atoms with Crippen LogP contribution in [0.4, 0.5) is 13.2 Å². The van der Waals surface area contributed by atoms with Gasteiger partial charge >= 0.3 is 5.97 Å². The van der Waals surface area contributed by atoms with Crippen LogP contribution >= 0.6 is 0 Å². The summed E-state index contributed by atoms with van der Waals surface area (Å²) in [7, 11) is 0. The van der Waals surface area contributed by atoms with Gasteiger partial charge in [-0.25, -0.2) is 18.0 Å². The third-order valence-electron chi connectivity index (χ3n) is 8.34. The van der Waals surface area contributed by atoms with Crippen LogP contribution in [0, 0.1) is 23.4 Å². The molecule has 0 heterocycles. The van der Waals surface area contributed by atoms with Crippen LogP contribution in [-0.4, -0.2) is 29.9 Å². The van der Waals surface area contributed by atoms with Crippen LogP contribution in [0.15, 0.2) is 30.3 Å². The maximum atomic E-state index is 15.2. The van der Waals surface area contributed by atoms with Gasteiger partial charge in [0.1, 0.15) is 6.10 Å². The Bertz CT molecular complexity index is 1090. The zero-order valence-corrected chi connectivity index (χ0v) is 22.4. The molecule has 2 aromatic carbocycles. The van der Waals surface area contributed by atoms with Crippen molar-refractivity contribution in [3.05, 3.63) is 64.5 Å². The summed E-state index contributed by atoms with van der Waals surface area (Å²) in [5, 5.41) is 10.3. The van der Waals surface area contributed by atoms with Crippen LogP contribution in [0.1, 0.15) is 111 Å². The highest BCUT2D eigenvalue weighted by Gasteiger charge is 2.32. The molecule has 0 aliphatic heterocycles. The molecule has 2 aromatic rings. The largest absolute Gasteiger partial charge is 0.491 e. The van der Waals surface area contributed by atoms with E-state index in [0.29, 0.717) is 43.4 Å². The minimum atomic E-state index is -0.763. The van der Waals surface area contributed by atoms with Gasteiger partial charge in [-0.05, 0) is 112 Å². The summed E-state index contributed by atoms with van der Waals surface area (Å²) < 4.78 is 55.2. The second kappa shape index (κ2) is 13.0. The van der Waals surface area contributed by atoms with Gasteiger partial charge in [0.25, 0.3) is 0 Å². The average molecular weight is 533 g/mol. The molecular weight excluding hydrogens is 493 g/mol. The maximum absolute atomic E-state index is 15.2. The predicted octanol–water partition coefficient (Wildman–Crippen LogP) is 7.82. The molecule has 1 N–H and O–H groups in total. The Kier molecular flexibility index (Phi) is 9.74. The van der Waals surface area contributed by atoms with Gasteiger partial charge in [-0.3, -0.25) is 0 Å². The van der Waals surface area contributed by atoms with Crippen molar-refractivity contribution in [1.29, 1.82) is 0 Å². The van der Waals surface area contributed by atoms with Gasteiger partial charge in [-0.2, -0.15) is 0 Å². The molecule has 1 unspecified atom stereocenters. The number of halogens is 3. The highest BCUT2D eigenvalue weighted by molar-refractivity contribution is 5.89. The van der Waals surface area contributed by atoms with Crippen molar-refractivity contribution in [2.45, 2.75) is 102 Å². The number of carbonyl (C=O) groups is 1. The fourth-order valence-electron chi connectivity index (χ4n) is 6.17. The lowest BCUT2D eigenvalue weighted by Crippen LogP contribution is -2.26. The fourth-order valence-corrected chi connectivity index (χ4v) is 6.17. The minimum absolute atomic E-state index is 0.0220. The van der Waals surface area contributed by atoms with E-state index in [0.717, 1.165) is 44.6 Å². The van der Waals surface area contributed by atoms with Gasteiger partial charge < -0.3 is 14.6 Å². The lowest BCUT2D eigenvalue weighted by Gasteiger charge is -2.32. The molecule has 0 amide bonds. The third-order valence-corrected chi connectivity index (χ3v) is 8.34.